The normalized spacial score (nSPS) is 24.0. The summed E-state index contributed by atoms with van der Waals surface area (Å²) in [5.74, 6) is 1.16. The Bertz CT molecular complexity index is 847. The minimum absolute atomic E-state index is 0. The van der Waals surface area contributed by atoms with E-state index in [1.54, 1.807) is 0 Å². The Morgan fingerprint density at radius 1 is 1.22 bits per heavy atom. The lowest BCUT2D eigenvalue weighted by atomic mass is 9.87. The van der Waals surface area contributed by atoms with E-state index in [-0.39, 0.29) is 24.4 Å². The molecule has 3 atom stereocenters. The van der Waals surface area contributed by atoms with Gasteiger partial charge in [-0.15, -0.1) is 12.4 Å². The van der Waals surface area contributed by atoms with Crippen molar-refractivity contribution in [3.63, 3.8) is 0 Å². The zero-order valence-corrected chi connectivity index (χ0v) is 17.3. The van der Waals surface area contributed by atoms with Crippen LogP contribution < -0.4 is 5.32 Å². The Balaban J connectivity index is 0.00000210. The quantitative estimate of drug-likeness (QED) is 0.877. The zero-order chi connectivity index (χ0) is 18.4. The smallest absolute Gasteiger partial charge is 0.258 e. The number of carbonyl (C=O) groups excluding carboxylic acids is 1. The van der Waals surface area contributed by atoms with Gasteiger partial charge in [0, 0.05) is 37.8 Å². The van der Waals surface area contributed by atoms with Crippen LogP contribution in [0.5, 0.6) is 0 Å². The van der Waals surface area contributed by atoms with Crippen molar-refractivity contribution in [3.05, 3.63) is 52.3 Å². The Morgan fingerprint density at radius 3 is 2.63 bits per heavy atom. The summed E-state index contributed by atoms with van der Waals surface area (Å²) in [5.41, 5.74) is 5.16. The lowest BCUT2D eigenvalue weighted by Gasteiger charge is -2.29. The van der Waals surface area contributed by atoms with Crippen LogP contribution in [0, 0.1) is 32.6 Å². The molecule has 0 spiro atoms. The second kappa shape index (κ2) is 7.64. The summed E-state index contributed by atoms with van der Waals surface area (Å²) in [7, 11) is 0. The van der Waals surface area contributed by atoms with Crippen molar-refractivity contribution >= 4 is 18.3 Å². The molecule has 3 heterocycles. The van der Waals surface area contributed by atoms with E-state index in [1.807, 2.05) is 18.5 Å². The van der Waals surface area contributed by atoms with Gasteiger partial charge in [-0.3, -0.25) is 9.48 Å². The maximum atomic E-state index is 13.6. The number of likely N-dealkylation sites (tertiary alicyclic amines) is 1. The molecule has 146 valence electrons. The summed E-state index contributed by atoms with van der Waals surface area (Å²) in [4.78, 5) is 15.7. The molecule has 0 radical (unpaired) electrons. The van der Waals surface area contributed by atoms with E-state index in [0.717, 1.165) is 43.1 Å². The average Bonchev–Trinajstić information content (AvgIpc) is 3.28. The van der Waals surface area contributed by atoms with Crippen LogP contribution >= 0.6 is 12.4 Å². The van der Waals surface area contributed by atoms with Gasteiger partial charge in [0.05, 0.1) is 17.3 Å². The second-order valence-electron chi connectivity index (χ2n) is 7.70. The first-order valence-corrected chi connectivity index (χ1v) is 9.64. The monoisotopic (exact) mass is 388 g/mol. The average molecular weight is 389 g/mol. The number of benzene rings is 1. The first kappa shape index (κ1) is 19.9. The number of nitrogens with zero attached hydrogens (tertiary/aromatic N) is 3. The molecule has 2 aromatic rings. The van der Waals surface area contributed by atoms with Gasteiger partial charge in [0.15, 0.2) is 0 Å². The van der Waals surface area contributed by atoms with Crippen molar-refractivity contribution in [2.75, 3.05) is 19.6 Å². The third-order valence-corrected chi connectivity index (χ3v) is 6.23. The summed E-state index contributed by atoms with van der Waals surface area (Å²) in [6.45, 7) is 11.8. The molecule has 2 aliphatic rings. The molecule has 27 heavy (non-hydrogen) atoms. The number of aromatic nitrogens is 2. The lowest BCUT2D eigenvalue weighted by Crippen LogP contribution is -2.35. The number of hydrogen-bond acceptors (Lipinski definition) is 3. The van der Waals surface area contributed by atoms with Crippen LogP contribution in [-0.4, -0.2) is 40.2 Å². The number of nitrogens with one attached hydrogen (secondary N) is 1. The third-order valence-electron chi connectivity index (χ3n) is 6.23. The first-order valence-electron chi connectivity index (χ1n) is 9.64. The molecule has 0 saturated carbocycles. The van der Waals surface area contributed by atoms with Crippen LogP contribution in [0.4, 0.5) is 0 Å². The van der Waals surface area contributed by atoms with E-state index in [4.69, 9.17) is 0 Å². The highest BCUT2D eigenvalue weighted by molar-refractivity contribution is 5.97. The minimum Gasteiger partial charge on any atom is -0.331 e. The number of aryl methyl sites for hydroxylation is 3. The van der Waals surface area contributed by atoms with Gasteiger partial charge >= 0.3 is 0 Å². The highest BCUT2D eigenvalue weighted by Gasteiger charge is 2.47. The van der Waals surface area contributed by atoms with Crippen molar-refractivity contribution in [2.45, 2.75) is 40.3 Å². The van der Waals surface area contributed by atoms with Crippen LogP contribution in [0.25, 0.3) is 0 Å². The fraction of sp³-hybridized carbons (Fsp3) is 0.524. The molecule has 1 aromatic carbocycles. The SMILES string of the molecule is CCn1nc(C)c(C(=O)N2C[C@@H]3CNC[C@@H]3[C@H]2c2ccccc2C)c1C.Cl. The molecule has 0 aliphatic carbocycles. The maximum Gasteiger partial charge on any atom is 0.258 e. The summed E-state index contributed by atoms with van der Waals surface area (Å²) >= 11 is 0. The molecule has 1 amide bonds. The fourth-order valence-electron chi connectivity index (χ4n) is 4.90. The summed E-state index contributed by atoms with van der Waals surface area (Å²) in [6.07, 6.45) is 0. The predicted octanol–water partition coefficient (Wildman–Crippen LogP) is 3.28. The fourth-order valence-corrected chi connectivity index (χ4v) is 4.90. The number of hydrogen-bond donors (Lipinski definition) is 1. The van der Waals surface area contributed by atoms with Gasteiger partial charge in [0.25, 0.3) is 5.91 Å². The predicted molar refractivity (Wildman–Crippen MR) is 109 cm³/mol. The third kappa shape index (κ3) is 3.17. The number of rotatable bonds is 3. The molecule has 2 aliphatic heterocycles. The minimum atomic E-state index is 0. The number of halogens is 1. The van der Waals surface area contributed by atoms with Crippen molar-refractivity contribution in [1.82, 2.24) is 20.0 Å². The van der Waals surface area contributed by atoms with Gasteiger partial charge in [-0.1, -0.05) is 24.3 Å². The van der Waals surface area contributed by atoms with Gasteiger partial charge in [0.1, 0.15) is 0 Å². The van der Waals surface area contributed by atoms with E-state index in [0.29, 0.717) is 11.8 Å². The highest BCUT2D eigenvalue weighted by Crippen LogP contribution is 2.44. The van der Waals surface area contributed by atoms with Gasteiger partial charge < -0.3 is 10.2 Å². The van der Waals surface area contributed by atoms with Crippen molar-refractivity contribution in [3.8, 4) is 0 Å². The molecule has 1 N–H and O–H groups in total. The van der Waals surface area contributed by atoms with Crippen molar-refractivity contribution < 1.29 is 4.79 Å². The Labute approximate surface area is 167 Å². The number of fused-ring (bicyclic) bond motifs is 1. The first-order chi connectivity index (χ1) is 12.5. The van der Waals surface area contributed by atoms with Crippen LogP contribution in [0.1, 0.15) is 45.8 Å². The summed E-state index contributed by atoms with van der Waals surface area (Å²) in [6, 6.07) is 8.65. The van der Waals surface area contributed by atoms with Crippen LogP contribution in [-0.2, 0) is 6.54 Å². The standard InChI is InChI=1S/C21H28N4O.ClH/c1-5-25-15(4)19(14(3)23-25)21(26)24-12-16-10-22-11-18(16)20(24)17-9-7-6-8-13(17)2;/h6-9,16,18,20,22H,5,10-12H2,1-4H3;1H/t16-,18-,20+;/m0./s1. The molecule has 0 bridgehead atoms. The zero-order valence-electron chi connectivity index (χ0n) is 16.5. The van der Waals surface area contributed by atoms with E-state index < -0.39 is 0 Å². The molecule has 1 aromatic heterocycles. The van der Waals surface area contributed by atoms with Crippen LogP contribution in [0.15, 0.2) is 24.3 Å². The molecule has 6 heteroatoms. The van der Waals surface area contributed by atoms with E-state index >= 15 is 0 Å². The van der Waals surface area contributed by atoms with Crippen molar-refractivity contribution in [2.24, 2.45) is 11.8 Å². The van der Waals surface area contributed by atoms with E-state index in [1.165, 1.54) is 11.1 Å². The van der Waals surface area contributed by atoms with Gasteiger partial charge in [-0.25, -0.2) is 0 Å². The largest absolute Gasteiger partial charge is 0.331 e. The molecule has 0 unspecified atom stereocenters. The Hall–Kier alpha value is -1.85. The van der Waals surface area contributed by atoms with Gasteiger partial charge in [0.2, 0.25) is 0 Å². The van der Waals surface area contributed by atoms with Crippen molar-refractivity contribution in [1.29, 1.82) is 0 Å². The van der Waals surface area contributed by atoms with Crippen LogP contribution in [0.3, 0.4) is 0 Å². The Kier molecular flexibility index (Phi) is 5.63. The molecule has 2 fully saturated rings. The highest BCUT2D eigenvalue weighted by atomic mass is 35.5. The maximum absolute atomic E-state index is 13.6. The molecule has 4 rings (SSSR count). The lowest BCUT2D eigenvalue weighted by molar-refractivity contribution is 0.0712. The topological polar surface area (TPSA) is 50.2 Å². The van der Waals surface area contributed by atoms with Gasteiger partial charge in [-0.05, 0) is 44.7 Å². The number of carbonyl (C=O) groups is 1. The second-order valence-corrected chi connectivity index (χ2v) is 7.70. The van der Waals surface area contributed by atoms with Gasteiger partial charge in [-0.2, -0.15) is 5.10 Å². The molecular formula is C21H29ClN4O. The number of amides is 1. The van der Waals surface area contributed by atoms with Crippen LogP contribution in [0.2, 0.25) is 0 Å². The molecular weight excluding hydrogens is 360 g/mol. The Morgan fingerprint density at radius 2 is 1.96 bits per heavy atom. The van der Waals surface area contributed by atoms with E-state index in [9.17, 15) is 4.79 Å². The molecule has 5 nitrogen and oxygen atoms in total. The van der Waals surface area contributed by atoms with E-state index in [2.05, 4.69) is 53.4 Å². The summed E-state index contributed by atoms with van der Waals surface area (Å²) in [5, 5.41) is 8.09. The summed E-state index contributed by atoms with van der Waals surface area (Å²) < 4.78 is 1.93. The molecule has 2 saturated heterocycles.